The van der Waals surface area contributed by atoms with Gasteiger partial charge < -0.3 is 9.73 Å². The summed E-state index contributed by atoms with van der Waals surface area (Å²) in [5.74, 6) is 0.729. The topological polar surface area (TPSA) is 70.9 Å². The lowest BCUT2D eigenvalue weighted by atomic mass is 9.88. The number of rotatable bonds is 3. The second-order valence-corrected chi connectivity index (χ2v) is 5.69. The molecule has 0 unspecified atom stereocenters. The van der Waals surface area contributed by atoms with Crippen LogP contribution in [0.25, 0.3) is 11.5 Å². The quantitative estimate of drug-likeness (QED) is 0.843. The van der Waals surface area contributed by atoms with E-state index in [9.17, 15) is 4.79 Å². The average molecular weight is 303 g/mol. The highest BCUT2D eigenvalue weighted by Gasteiger charge is 2.20. The van der Waals surface area contributed by atoms with Gasteiger partial charge in [-0.1, -0.05) is 19.3 Å². The second-order valence-electron chi connectivity index (χ2n) is 5.32. The van der Waals surface area contributed by atoms with Crippen LogP contribution < -0.4 is 5.32 Å². The predicted molar refractivity (Wildman–Crippen MR) is 82.3 cm³/mol. The average Bonchev–Trinajstić information content (AvgIpc) is 2.95. The van der Waals surface area contributed by atoms with Gasteiger partial charge in [-0.2, -0.15) is 0 Å². The number of nitrogens with zero attached hydrogens (tertiary/aromatic N) is 1. The maximum atomic E-state index is 12.2. The van der Waals surface area contributed by atoms with Crippen LogP contribution >= 0.6 is 12.2 Å². The smallest absolute Gasteiger partial charge is 0.284 e. The summed E-state index contributed by atoms with van der Waals surface area (Å²) >= 11 is 4.85. The van der Waals surface area contributed by atoms with Gasteiger partial charge in [0.2, 0.25) is 11.8 Å². The minimum Gasteiger partial charge on any atom is -0.409 e. The van der Waals surface area contributed by atoms with E-state index in [0.29, 0.717) is 5.89 Å². The summed E-state index contributed by atoms with van der Waals surface area (Å²) in [6.45, 7) is 0. The summed E-state index contributed by atoms with van der Waals surface area (Å²) in [6.07, 6.45) is 5.55. The molecule has 1 aliphatic carbocycles. The van der Waals surface area contributed by atoms with E-state index in [1.165, 1.54) is 6.42 Å². The number of anilines is 1. The lowest BCUT2D eigenvalue weighted by Gasteiger charge is -2.20. The predicted octanol–water partition coefficient (Wildman–Crippen LogP) is 3.92. The molecule has 3 rings (SSSR count). The van der Waals surface area contributed by atoms with E-state index >= 15 is 0 Å². The van der Waals surface area contributed by atoms with Crippen molar-refractivity contribution in [2.45, 2.75) is 32.1 Å². The van der Waals surface area contributed by atoms with E-state index < -0.39 is 0 Å². The van der Waals surface area contributed by atoms with Crippen LogP contribution in [0.2, 0.25) is 0 Å². The molecule has 1 heterocycles. The van der Waals surface area contributed by atoms with Gasteiger partial charge in [0.25, 0.3) is 4.84 Å². The molecule has 1 fully saturated rings. The third kappa shape index (κ3) is 3.39. The molecule has 110 valence electrons. The Balaban J connectivity index is 1.66. The molecule has 6 heteroatoms. The SMILES string of the molecule is O=C(Nc1ccc(-c2n[nH]c(=S)o2)cc1)C1CCCCC1. The van der Waals surface area contributed by atoms with Gasteiger partial charge in [-0.15, -0.1) is 5.10 Å². The monoisotopic (exact) mass is 303 g/mol. The molecular weight excluding hydrogens is 286 g/mol. The van der Waals surface area contributed by atoms with Gasteiger partial charge in [0.15, 0.2) is 0 Å². The number of nitrogens with one attached hydrogen (secondary N) is 2. The van der Waals surface area contributed by atoms with E-state index in [1.54, 1.807) is 0 Å². The molecule has 1 aromatic carbocycles. The second kappa shape index (κ2) is 6.22. The first-order valence-corrected chi connectivity index (χ1v) is 7.60. The third-order valence-electron chi connectivity index (χ3n) is 3.81. The molecular formula is C15H17N3O2S. The third-order valence-corrected chi connectivity index (χ3v) is 3.99. The van der Waals surface area contributed by atoms with E-state index in [1.807, 2.05) is 24.3 Å². The van der Waals surface area contributed by atoms with Crippen molar-refractivity contribution >= 4 is 23.8 Å². The molecule has 0 atom stereocenters. The molecule has 2 N–H and O–H groups in total. The minimum absolute atomic E-state index is 0.125. The number of hydrogen-bond donors (Lipinski definition) is 2. The van der Waals surface area contributed by atoms with E-state index in [4.69, 9.17) is 16.6 Å². The Morgan fingerprint density at radius 3 is 2.57 bits per heavy atom. The normalized spacial score (nSPS) is 15.8. The molecule has 0 radical (unpaired) electrons. The highest BCUT2D eigenvalue weighted by atomic mass is 32.1. The molecule has 1 saturated carbocycles. The molecule has 2 aromatic rings. The zero-order valence-corrected chi connectivity index (χ0v) is 12.4. The first kappa shape index (κ1) is 14.0. The highest BCUT2D eigenvalue weighted by molar-refractivity contribution is 7.71. The molecule has 0 spiro atoms. The van der Waals surface area contributed by atoms with Crippen LogP contribution in [0.15, 0.2) is 28.7 Å². The molecule has 1 aromatic heterocycles. The van der Waals surface area contributed by atoms with Crippen LogP contribution in [0, 0.1) is 10.8 Å². The van der Waals surface area contributed by atoms with Crippen molar-refractivity contribution in [2.24, 2.45) is 5.92 Å². The van der Waals surface area contributed by atoms with Crippen LogP contribution in [0.5, 0.6) is 0 Å². The Labute approximate surface area is 127 Å². The standard InChI is InChI=1S/C15H17N3O2S/c19-13(10-4-2-1-3-5-10)16-12-8-6-11(7-9-12)14-17-18-15(21)20-14/h6-10H,1-5H2,(H,16,19)(H,18,21). The number of carbonyl (C=O) groups is 1. The summed E-state index contributed by atoms with van der Waals surface area (Å²) in [4.78, 5) is 12.4. The van der Waals surface area contributed by atoms with E-state index in [0.717, 1.165) is 36.9 Å². The van der Waals surface area contributed by atoms with Crippen molar-refractivity contribution in [3.63, 3.8) is 0 Å². The van der Waals surface area contributed by atoms with Gasteiger partial charge in [0.1, 0.15) is 0 Å². The molecule has 5 nitrogen and oxygen atoms in total. The fourth-order valence-corrected chi connectivity index (χ4v) is 2.78. The Morgan fingerprint density at radius 2 is 1.95 bits per heavy atom. The summed E-state index contributed by atoms with van der Waals surface area (Å²) < 4.78 is 5.25. The van der Waals surface area contributed by atoms with Gasteiger partial charge in [0.05, 0.1) is 0 Å². The molecule has 1 aliphatic rings. The first-order valence-electron chi connectivity index (χ1n) is 7.19. The molecule has 0 aliphatic heterocycles. The zero-order chi connectivity index (χ0) is 14.7. The van der Waals surface area contributed by atoms with Crippen molar-refractivity contribution in [1.82, 2.24) is 10.2 Å². The maximum absolute atomic E-state index is 12.2. The number of amides is 1. The summed E-state index contributed by atoms with van der Waals surface area (Å²) in [5.41, 5.74) is 1.61. The summed E-state index contributed by atoms with van der Waals surface area (Å²) in [7, 11) is 0. The van der Waals surface area contributed by atoms with Crippen molar-refractivity contribution in [3.05, 3.63) is 29.1 Å². The fraction of sp³-hybridized carbons (Fsp3) is 0.400. The van der Waals surface area contributed by atoms with Crippen molar-refractivity contribution in [3.8, 4) is 11.5 Å². The summed E-state index contributed by atoms with van der Waals surface area (Å²) in [5, 5.41) is 9.53. The molecule has 21 heavy (non-hydrogen) atoms. The van der Waals surface area contributed by atoms with Crippen molar-refractivity contribution < 1.29 is 9.21 Å². The molecule has 1 amide bonds. The number of carbonyl (C=O) groups excluding carboxylic acids is 1. The number of aromatic amines is 1. The van der Waals surface area contributed by atoms with Gasteiger partial charge >= 0.3 is 0 Å². The van der Waals surface area contributed by atoms with E-state index in [-0.39, 0.29) is 16.7 Å². The highest BCUT2D eigenvalue weighted by Crippen LogP contribution is 2.25. The van der Waals surface area contributed by atoms with Crippen LogP contribution in [0.4, 0.5) is 5.69 Å². The Hall–Kier alpha value is -1.95. The Morgan fingerprint density at radius 1 is 1.24 bits per heavy atom. The van der Waals surface area contributed by atoms with Gasteiger partial charge in [-0.3, -0.25) is 4.79 Å². The number of H-pyrrole nitrogens is 1. The Bertz CT molecular complexity index is 669. The number of aromatic nitrogens is 2. The fourth-order valence-electron chi connectivity index (χ4n) is 2.66. The molecule has 0 saturated heterocycles. The Kier molecular flexibility index (Phi) is 4.15. The summed E-state index contributed by atoms with van der Waals surface area (Å²) in [6, 6.07) is 7.41. The van der Waals surface area contributed by atoms with E-state index in [2.05, 4.69) is 15.5 Å². The lowest BCUT2D eigenvalue weighted by Crippen LogP contribution is -2.24. The van der Waals surface area contributed by atoms with Gasteiger partial charge in [0, 0.05) is 17.2 Å². The van der Waals surface area contributed by atoms with Crippen molar-refractivity contribution in [1.29, 1.82) is 0 Å². The van der Waals surface area contributed by atoms with Crippen LogP contribution in [-0.2, 0) is 4.79 Å². The first-order chi connectivity index (χ1) is 10.2. The minimum atomic E-state index is 0.125. The molecule has 0 bridgehead atoms. The van der Waals surface area contributed by atoms with Crippen molar-refractivity contribution in [2.75, 3.05) is 5.32 Å². The van der Waals surface area contributed by atoms with Crippen LogP contribution in [-0.4, -0.2) is 16.1 Å². The van der Waals surface area contributed by atoms with Gasteiger partial charge in [-0.25, -0.2) is 5.10 Å². The lowest BCUT2D eigenvalue weighted by molar-refractivity contribution is -0.120. The van der Waals surface area contributed by atoms with Crippen LogP contribution in [0.1, 0.15) is 32.1 Å². The van der Waals surface area contributed by atoms with Gasteiger partial charge in [-0.05, 0) is 49.3 Å². The largest absolute Gasteiger partial charge is 0.409 e. The zero-order valence-electron chi connectivity index (χ0n) is 11.6. The number of hydrogen-bond acceptors (Lipinski definition) is 4. The number of benzene rings is 1. The maximum Gasteiger partial charge on any atom is 0.284 e. The van der Waals surface area contributed by atoms with Crippen LogP contribution in [0.3, 0.4) is 0 Å².